The highest BCUT2D eigenvalue weighted by molar-refractivity contribution is 6.30. The van der Waals surface area contributed by atoms with E-state index in [1.807, 2.05) is 0 Å². The number of piperidine rings is 1. The molecule has 5 nitrogen and oxygen atoms in total. The fourth-order valence-electron chi connectivity index (χ4n) is 2.51. The Morgan fingerprint density at radius 2 is 2.05 bits per heavy atom. The molecule has 0 spiro atoms. The number of halogens is 2. The van der Waals surface area contributed by atoms with Crippen LogP contribution in [0.1, 0.15) is 31.4 Å². The van der Waals surface area contributed by atoms with Crippen LogP contribution in [0.4, 0.5) is 9.18 Å². The third-order valence-corrected chi connectivity index (χ3v) is 4.26. The van der Waals surface area contributed by atoms with Crippen LogP contribution >= 0.6 is 11.6 Å². The Morgan fingerprint density at radius 3 is 2.59 bits per heavy atom. The van der Waals surface area contributed by atoms with Crippen molar-refractivity contribution in [1.29, 1.82) is 0 Å². The number of carbonyl (C=O) groups excluding carboxylic acids is 2. The maximum Gasteiger partial charge on any atom is 0.317 e. The van der Waals surface area contributed by atoms with Crippen molar-refractivity contribution in [3.8, 4) is 0 Å². The zero-order chi connectivity index (χ0) is 16.3. The molecule has 2 rings (SSSR count). The Hall–Kier alpha value is -1.82. The van der Waals surface area contributed by atoms with Gasteiger partial charge in [-0.25, -0.2) is 9.18 Å². The second kappa shape index (κ2) is 6.96. The summed E-state index contributed by atoms with van der Waals surface area (Å²) in [4.78, 5) is 25.0. The van der Waals surface area contributed by atoms with Gasteiger partial charge in [-0.2, -0.15) is 0 Å². The number of benzene rings is 1. The molecule has 22 heavy (non-hydrogen) atoms. The summed E-state index contributed by atoms with van der Waals surface area (Å²) in [5, 5.41) is 2.87. The zero-order valence-corrected chi connectivity index (χ0v) is 13.1. The number of primary amides is 1. The van der Waals surface area contributed by atoms with Crippen LogP contribution in [0.2, 0.25) is 5.02 Å². The van der Waals surface area contributed by atoms with Gasteiger partial charge in [-0.1, -0.05) is 17.7 Å². The van der Waals surface area contributed by atoms with Gasteiger partial charge in [-0.3, -0.25) is 4.79 Å². The first-order valence-corrected chi connectivity index (χ1v) is 7.56. The van der Waals surface area contributed by atoms with Crippen molar-refractivity contribution in [1.82, 2.24) is 10.2 Å². The number of likely N-dealkylation sites (tertiary alicyclic amines) is 1. The van der Waals surface area contributed by atoms with Crippen LogP contribution in [0.15, 0.2) is 18.2 Å². The molecule has 1 aliphatic rings. The van der Waals surface area contributed by atoms with E-state index >= 15 is 0 Å². The van der Waals surface area contributed by atoms with Crippen LogP contribution in [0.5, 0.6) is 0 Å². The van der Waals surface area contributed by atoms with E-state index in [0.29, 0.717) is 25.9 Å². The van der Waals surface area contributed by atoms with Crippen molar-refractivity contribution in [2.75, 3.05) is 13.1 Å². The normalized spacial score (nSPS) is 17.1. The third kappa shape index (κ3) is 3.88. The standard InChI is InChI=1S/C15H19ClFN3O2/c1-9(11-2-3-13(17)12(16)8-11)19-15(22)20-6-4-10(5-7-20)14(18)21/h2-3,8-10H,4-7H2,1H3,(H2,18,21)(H,19,22)/t9-/m0/s1. The summed E-state index contributed by atoms with van der Waals surface area (Å²) in [6.45, 7) is 2.80. The first kappa shape index (κ1) is 16.5. The minimum absolute atomic E-state index is 0.0286. The first-order chi connectivity index (χ1) is 10.4. The lowest BCUT2D eigenvalue weighted by Crippen LogP contribution is -2.46. The molecule has 1 saturated heterocycles. The maximum atomic E-state index is 13.2. The molecule has 0 unspecified atom stereocenters. The number of nitrogens with zero attached hydrogens (tertiary/aromatic N) is 1. The van der Waals surface area contributed by atoms with Gasteiger partial charge in [-0.15, -0.1) is 0 Å². The highest BCUT2D eigenvalue weighted by Crippen LogP contribution is 2.22. The van der Waals surface area contributed by atoms with Crippen LogP contribution < -0.4 is 11.1 Å². The summed E-state index contributed by atoms with van der Waals surface area (Å²) in [6, 6.07) is 3.86. The smallest absolute Gasteiger partial charge is 0.317 e. The van der Waals surface area contributed by atoms with Gasteiger partial charge >= 0.3 is 6.03 Å². The number of amides is 3. The van der Waals surface area contributed by atoms with Gasteiger partial charge in [0, 0.05) is 19.0 Å². The number of urea groups is 1. The molecule has 1 atom stereocenters. The number of carbonyl (C=O) groups is 2. The molecule has 0 saturated carbocycles. The van der Waals surface area contributed by atoms with E-state index in [1.54, 1.807) is 17.9 Å². The molecule has 0 radical (unpaired) electrons. The van der Waals surface area contributed by atoms with Crippen molar-refractivity contribution in [2.45, 2.75) is 25.8 Å². The van der Waals surface area contributed by atoms with Crippen molar-refractivity contribution >= 4 is 23.5 Å². The minimum atomic E-state index is -0.488. The zero-order valence-electron chi connectivity index (χ0n) is 12.3. The Labute approximate surface area is 133 Å². The molecule has 7 heteroatoms. The van der Waals surface area contributed by atoms with E-state index < -0.39 is 5.82 Å². The van der Waals surface area contributed by atoms with Gasteiger partial charge in [0.05, 0.1) is 11.1 Å². The molecule has 1 fully saturated rings. The lowest BCUT2D eigenvalue weighted by atomic mass is 9.96. The Balaban J connectivity index is 1.91. The van der Waals surface area contributed by atoms with Crippen molar-refractivity contribution in [3.63, 3.8) is 0 Å². The number of hydrogen-bond donors (Lipinski definition) is 2. The van der Waals surface area contributed by atoms with Crippen molar-refractivity contribution in [2.24, 2.45) is 11.7 Å². The Kier molecular flexibility index (Phi) is 5.24. The van der Waals surface area contributed by atoms with Gasteiger partial charge in [0.2, 0.25) is 5.91 Å². The van der Waals surface area contributed by atoms with E-state index in [9.17, 15) is 14.0 Å². The second-order valence-corrected chi connectivity index (χ2v) is 5.92. The van der Waals surface area contributed by atoms with Crippen LogP contribution in [-0.2, 0) is 4.79 Å². The topological polar surface area (TPSA) is 75.4 Å². The SMILES string of the molecule is C[C@H](NC(=O)N1CCC(C(N)=O)CC1)c1ccc(F)c(Cl)c1. The number of rotatable bonds is 3. The molecular weight excluding hydrogens is 309 g/mol. The average Bonchev–Trinajstić information content (AvgIpc) is 2.50. The second-order valence-electron chi connectivity index (χ2n) is 5.51. The lowest BCUT2D eigenvalue weighted by molar-refractivity contribution is -0.123. The molecule has 1 aromatic rings. The van der Waals surface area contributed by atoms with Crippen molar-refractivity contribution in [3.05, 3.63) is 34.6 Å². The highest BCUT2D eigenvalue weighted by atomic mass is 35.5. The maximum absolute atomic E-state index is 13.2. The minimum Gasteiger partial charge on any atom is -0.369 e. The molecule has 3 N–H and O–H groups in total. The molecule has 0 bridgehead atoms. The van der Waals surface area contributed by atoms with E-state index in [2.05, 4.69) is 5.32 Å². The molecular formula is C15H19ClFN3O2. The summed E-state index contributed by atoms with van der Waals surface area (Å²) in [5.74, 6) is -0.954. The largest absolute Gasteiger partial charge is 0.369 e. The van der Waals surface area contributed by atoms with Crippen LogP contribution in [0, 0.1) is 11.7 Å². The van der Waals surface area contributed by atoms with Crippen LogP contribution in [0.25, 0.3) is 0 Å². The van der Waals surface area contributed by atoms with Gasteiger partial charge in [0.25, 0.3) is 0 Å². The third-order valence-electron chi connectivity index (χ3n) is 3.97. The summed E-state index contributed by atoms with van der Waals surface area (Å²) in [6.07, 6.45) is 1.17. The summed E-state index contributed by atoms with van der Waals surface area (Å²) >= 11 is 5.75. The van der Waals surface area contributed by atoms with Gasteiger partial charge < -0.3 is 16.0 Å². The average molecular weight is 328 g/mol. The Bertz CT molecular complexity index is 574. The van der Waals surface area contributed by atoms with Gasteiger partial charge in [0.15, 0.2) is 0 Å². The van der Waals surface area contributed by atoms with E-state index in [-0.39, 0.29) is 28.9 Å². The number of nitrogens with one attached hydrogen (secondary N) is 1. The predicted molar refractivity (Wildman–Crippen MR) is 81.8 cm³/mol. The molecule has 1 aromatic carbocycles. The quantitative estimate of drug-likeness (QED) is 0.894. The lowest BCUT2D eigenvalue weighted by Gasteiger charge is -2.31. The predicted octanol–water partition coefficient (Wildman–Crippen LogP) is 2.45. The van der Waals surface area contributed by atoms with E-state index in [0.717, 1.165) is 5.56 Å². The van der Waals surface area contributed by atoms with Gasteiger partial charge in [0.1, 0.15) is 5.82 Å². The molecule has 3 amide bonds. The van der Waals surface area contributed by atoms with Gasteiger partial charge in [-0.05, 0) is 37.5 Å². The highest BCUT2D eigenvalue weighted by Gasteiger charge is 2.26. The molecule has 120 valence electrons. The monoisotopic (exact) mass is 327 g/mol. The summed E-state index contributed by atoms with van der Waals surface area (Å²) in [5.41, 5.74) is 6.00. The fourth-order valence-corrected chi connectivity index (χ4v) is 2.70. The molecule has 1 aliphatic heterocycles. The summed E-state index contributed by atoms with van der Waals surface area (Å²) < 4.78 is 13.2. The molecule has 0 aliphatic carbocycles. The number of hydrogen-bond acceptors (Lipinski definition) is 2. The number of nitrogens with two attached hydrogens (primary N) is 1. The first-order valence-electron chi connectivity index (χ1n) is 7.18. The van der Waals surface area contributed by atoms with E-state index in [1.165, 1.54) is 12.1 Å². The van der Waals surface area contributed by atoms with Crippen LogP contribution in [-0.4, -0.2) is 29.9 Å². The van der Waals surface area contributed by atoms with E-state index in [4.69, 9.17) is 17.3 Å². The fraction of sp³-hybridized carbons (Fsp3) is 0.467. The van der Waals surface area contributed by atoms with Crippen molar-refractivity contribution < 1.29 is 14.0 Å². The van der Waals surface area contributed by atoms with Crippen LogP contribution in [0.3, 0.4) is 0 Å². The molecule has 0 aromatic heterocycles. The Morgan fingerprint density at radius 1 is 1.41 bits per heavy atom. The summed E-state index contributed by atoms with van der Waals surface area (Å²) in [7, 11) is 0. The molecule has 1 heterocycles.